The van der Waals surface area contributed by atoms with Crippen LogP contribution in [-0.2, 0) is 37.6 Å². The lowest BCUT2D eigenvalue weighted by Gasteiger charge is -2.38. The van der Waals surface area contributed by atoms with Gasteiger partial charge in [-0.2, -0.15) is 5.26 Å². The van der Waals surface area contributed by atoms with E-state index >= 15 is 0 Å². The maximum absolute atomic E-state index is 14.3. The molecule has 0 spiro atoms. The molecular weight excluding hydrogens is 712 g/mol. The zero-order valence-corrected chi connectivity index (χ0v) is 30.9. The number of amides is 1. The number of pyridine rings is 1. The molecule has 0 saturated carbocycles. The number of benzene rings is 2. The van der Waals surface area contributed by atoms with Gasteiger partial charge in [-0.3, -0.25) is 14.6 Å². The molecular formula is C40H41ClN6O7. The largest absolute Gasteiger partial charge is 0.496 e. The minimum atomic E-state index is -1.33. The molecule has 2 aliphatic heterocycles. The zero-order chi connectivity index (χ0) is 37.8. The highest BCUT2D eigenvalue weighted by atomic mass is 35.5. The summed E-state index contributed by atoms with van der Waals surface area (Å²) >= 11 is 6.71. The van der Waals surface area contributed by atoms with Crippen molar-refractivity contribution in [2.24, 2.45) is 5.92 Å². The summed E-state index contributed by atoms with van der Waals surface area (Å²) in [4.78, 5) is 35.4. The number of hydrogen-bond donors (Lipinski definition) is 3. The molecule has 54 heavy (non-hydrogen) atoms. The molecule has 280 valence electrons. The standard InChI is InChI=1S/C40H41ClN6O7/c1-23-29(30-7-4-5-9-31(30)41)8-6-11-40(23,47-38(49)34-15-35(50-3)27(19-45-34)18-43-28-20-52-21-28)39-46-33-14-25(13-26(16-42)37(33)54-39)17-44-32-10-12-51-22-36(32)53-24(2)48/h4-9,11,13-15,19,23,28,32,36,43-44H,10,12,17-18,20-22H2,1-3H3,(H,47,49)/t23?,32-,36+,40?/m1/s1. The first-order chi connectivity index (χ1) is 26.2. The van der Waals surface area contributed by atoms with E-state index in [-0.39, 0.29) is 40.8 Å². The van der Waals surface area contributed by atoms with Gasteiger partial charge in [0.2, 0.25) is 5.89 Å². The molecule has 2 aromatic carbocycles. The van der Waals surface area contributed by atoms with E-state index in [1.165, 1.54) is 6.92 Å². The predicted octanol–water partition coefficient (Wildman–Crippen LogP) is 4.97. The summed E-state index contributed by atoms with van der Waals surface area (Å²) in [7, 11) is 1.55. The predicted molar refractivity (Wildman–Crippen MR) is 199 cm³/mol. The van der Waals surface area contributed by atoms with Crippen LogP contribution in [0.15, 0.2) is 71.3 Å². The number of halogens is 1. The van der Waals surface area contributed by atoms with Crippen LogP contribution in [0.5, 0.6) is 5.75 Å². The van der Waals surface area contributed by atoms with Gasteiger partial charge in [-0.15, -0.1) is 0 Å². The average molecular weight is 753 g/mol. The molecule has 4 aromatic rings. The SMILES string of the molecule is COc1cc(C(=O)NC2(c3nc4cc(CN[C@@H]5CCOC[C@@H]5OC(C)=O)cc(C#N)c4o3)C=CC=C(c3ccccc3Cl)C2C)ncc1CNC1COC1. The van der Waals surface area contributed by atoms with Crippen LogP contribution in [0.4, 0.5) is 0 Å². The number of nitriles is 1. The van der Waals surface area contributed by atoms with Gasteiger partial charge >= 0.3 is 5.97 Å². The summed E-state index contributed by atoms with van der Waals surface area (Å²) in [6.07, 6.45) is 7.50. The first-order valence-electron chi connectivity index (χ1n) is 17.8. The van der Waals surface area contributed by atoms with E-state index in [1.807, 2.05) is 55.5 Å². The molecule has 7 rings (SSSR count). The minimum absolute atomic E-state index is 0.131. The van der Waals surface area contributed by atoms with Crippen LogP contribution in [0.1, 0.15) is 58.9 Å². The van der Waals surface area contributed by atoms with Crippen molar-refractivity contribution in [3.05, 3.63) is 106 Å². The number of esters is 1. The van der Waals surface area contributed by atoms with Gasteiger partial charge in [0.25, 0.3) is 5.91 Å². The normalized spacial score (nSPS) is 22.6. The molecule has 14 heteroatoms. The molecule has 4 atom stereocenters. The van der Waals surface area contributed by atoms with E-state index in [0.717, 1.165) is 22.3 Å². The Bertz CT molecular complexity index is 2160. The molecule has 4 heterocycles. The Morgan fingerprint density at radius 1 is 1.11 bits per heavy atom. The van der Waals surface area contributed by atoms with Crippen LogP contribution in [0.3, 0.4) is 0 Å². The lowest BCUT2D eigenvalue weighted by molar-refractivity contribution is -0.155. The fraction of sp³-hybridized carbons (Fsp3) is 0.375. The molecule has 2 saturated heterocycles. The van der Waals surface area contributed by atoms with Crippen LogP contribution in [-0.4, -0.2) is 73.6 Å². The Kier molecular flexibility index (Phi) is 11.1. The van der Waals surface area contributed by atoms with E-state index < -0.39 is 23.5 Å². The second-order valence-electron chi connectivity index (χ2n) is 13.6. The number of nitrogens with zero attached hydrogens (tertiary/aromatic N) is 3. The van der Waals surface area contributed by atoms with E-state index in [1.54, 1.807) is 25.4 Å². The Hall–Kier alpha value is -5.10. The number of nitrogens with one attached hydrogen (secondary N) is 3. The number of carbonyl (C=O) groups is 2. The average Bonchev–Trinajstić information content (AvgIpc) is 3.59. The first kappa shape index (κ1) is 37.2. The van der Waals surface area contributed by atoms with Gasteiger partial charge < -0.3 is 39.3 Å². The van der Waals surface area contributed by atoms with Gasteiger partial charge in [0.15, 0.2) is 5.58 Å². The minimum Gasteiger partial charge on any atom is -0.496 e. The first-order valence-corrected chi connectivity index (χ1v) is 18.2. The Morgan fingerprint density at radius 3 is 2.69 bits per heavy atom. The van der Waals surface area contributed by atoms with Crippen molar-refractivity contribution in [3.8, 4) is 11.8 Å². The number of allylic oxidation sites excluding steroid dienone is 2. The maximum atomic E-state index is 14.3. The lowest BCUT2D eigenvalue weighted by atomic mass is 9.74. The Balaban J connectivity index is 1.23. The summed E-state index contributed by atoms with van der Waals surface area (Å²) in [5, 5.41) is 20.9. The summed E-state index contributed by atoms with van der Waals surface area (Å²) in [5.74, 6) is -0.609. The van der Waals surface area contributed by atoms with Crippen molar-refractivity contribution in [2.75, 3.05) is 33.5 Å². The molecule has 13 nitrogen and oxygen atoms in total. The highest BCUT2D eigenvalue weighted by Gasteiger charge is 2.46. The topological polar surface area (TPSA) is 170 Å². The Labute approximate surface area is 317 Å². The van der Waals surface area contributed by atoms with Crippen molar-refractivity contribution < 1.29 is 33.0 Å². The van der Waals surface area contributed by atoms with Crippen LogP contribution in [0.25, 0.3) is 16.7 Å². The molecule has 0 bridgehead atoms. The van der Waals surface area contributed by atoms with Crippen LogP contribution >= 0.6 is 11.6 Å². The van der Waals surface area contributed by atoms with Crippen LogP contribution in [0, 0.1) is 17.2 Å². The second-order valence-corrected chi connectivity index (χ2v) is 14.0. The maximum Gasteiger partial charge on any atom is 0.303 e. The van der Waals surface area contributed by atoms with Crippen LogP contribution in [0.2, 0.25) is 5.02 Å². The summed E-state index contributed by atoms with van der Waals surface area (Å²) < 4.78 is 28.4. The third-order valence-electron chi connectivity index (χ3n) is 10.1. The molecule has 0 radical (unpaired) electrons. The summed E-state index contributed by atoms with van der Waals surface area (Å²) in [6, 6.07) is 15.1. The van der Waals surface area contributed by atoms with E-state index in [0.29, 0.717) is 62.2 Å². The van der Waals surface area contributed by atoms with Gasteiger partial charge in [-0.25, -0.2) is 4.98 Å². The molecule has 3 aliphatic rings. The van der Waals surface area contributed by atoms with Crippen molar-refractivity contribution in [1.29, 1.82) is 5.26 Å². The van der Waals surface area contributed by atoms with Crippen molar-refractivity contribution in [1.82, 2.24) is 25.9 Å². The number of carbonyl (C=O) groups excluding carboxylic acids is 2. The fourth-order valence-electron chi connectivity index (χ4n) is 7.06. The molecule has 2 unspecified atom stereocenters. The number of oxazole rings is 1. The highest BCUT2D eigenvalue weighted by Crippen LogP contribution is 2.45. The lowest BCUT2D eigenvalue weighted by Crippen LogP contribution is -2.50. The van der Waals surface area contributed by atoms with Crippen molar-refractivity contribution in [2.45, 2.75) is 57.1 Å². The molecule has 1 amide bonds. The number of aromatic nitrogens is 2. The second kappa shape index (κ2) is 16.1. The molecule has 2 aromatic heterocycles. The van der Waals surface area contributed by atoms with Gasteiger partial charge in [0, 0.05) is 61.4 Å². The van der Waals surface area contributed by atoms with Gasteiger partial charge in [-0.1, -0.05) is 48.9 Å². The summed E-state index contributed by atoms with van der Waals surface area (Å²) in [5.41, 5.74) is 3.06. The smallest absolute Gasteiger partial charge is 0.303 e. The molecule has 3 N–H and O–H groups in total. The van der Waals surface area contributed by atoms with E-state index in [2.05, 4.69) is 27.0 Å². The van der Waals surface area contributed by atoms with E-state index in [9.17, 15) is 14.9 Å². The van der Waals surface area contributed by atoms with Gasteiger partial charge in [0.1, 0.15) is 34.7 Å². The van der Waals surface area contributed by atoms with Crippen LogP contribution < -0.4 is 20.7 Å². The van der Waals surface area contributed by atoms with Gasteiger partial charge in [-0.05, 0) is 47.4 Å². The number of ether oxygens (including phenoxy) is 4. The fourth-order valence-corrected chi connectivity index (χ4v) is 7.31. The molecule has 1 aliphatic carbocycles. The monoisotopic (exact) mass is 752 g/mol. The Morgan fingerprint density at radius 2 is 1.94 bits per heavy atom. The number of rotatable bonds is 12. The number of fused-ring (bicyclic) bond motifs is 1. The van der Waals surface area contributed by atoms with Crippen molar-refractivity contribution >= 4 is 40.2 Å². The highest BCUT2D eigenvalue weighted by molar-refractivity contribution is 6.32. The quantitative estimate of drug-likeness (QED) is 0.166. The van der Waals surface area contributed by atoms with Gasteiger partial charge in [0.05, 0.1) is 38.5 Å². The third-order valence-corrected chi connectivity index (χ3v) is 10.4. The number of hydrogen-bond acceptors (Lipinski definition) is 12. The number of methoxy groups -OCH3 is 1. The van der Waals surface area contributed by atoms with E-state index in [4.69, 9.17) is 39.9 Å². The third kappa shape index (κ3) is 7.62. The molecule has 2 fully saturated rings. The zero-order valence-electron chi connectivity index (χ0n) is 30.2. The summed E-state index contributed by atoms with van der Waals surface area (Å²) in [6.45, 7) is 6.35. The van der Waals surface area contributed by atoms with Crippen molar-refractivity contribution in [3.63, 3.8) is 0 Å².